The fourth-order valence-electron chi connectivity index (χ4n) is 0.536. The van der Waals surface area contributed by atoms with Gasteiger partial charge in [0, 0.05) is 20.3 Å². The number of allylic oxidation sites excluding steroid dienone is 2. The fraction of sp³-hybridized carbons (Fsp3) is 0.667. The van der Waals surface area contributed by atoms with Crippen LogP contribution < -0.4 is 0 Å². The van der Waals surface area contributed by atoms with E-state index in [9.17, 15) is 0 Å². The maximum absolute atomic E-state index is 5.07. The second kappa shape index (κ2) is 6.00. The first-order valence-corrected chi connectivity index (χ1v) is 4.77. The van der Waals surface area contributed by atoms with E-state index in [4.69, 9.17) is 8.85 Å². The highest BCUT2D eigenvalue weighted by Crippen LogP contribution is 1.94. The Kier molecular flexibility index (Phi) is 5.92. The minimum Gasteiger partial charge on any atom is -0.400 e. The van der Waals surface area contributed by atoms with E-state index in [1.807, 2.05) is 13.0 Å². The summed E-state index contributed by atoms with van der Waals surface area (Å²) < 4.78 is 10.1. The summed E-state index contributed by atoms with van der Waals surface area (Å²) in [7, 11) is 2.10. The summed E-state index contributed by atoms with van der Waals surface area (Å²) in [6, 6.07) is 0.962. The van der Waals surface area contributed by atoms with Gasteiger partial charge < -0.3 is 8.85 Å². The monoisotopic (exact) mass is 146 g/mol. The maximum Gasteiger partial charge on any atom is 0.324 e. The van der Waals surface area contributed by atoms with E-state index >= 15 is 0 Å². The van der Waals surface area contributed by atoms with Gasteiger partial charge in [-0.25, -0.2) is 0 Å². The first-order chi connectivity index (χ1) is 4.35. The average Bonchev–Trinajstić information content (AvgIpc) is 1.91. The van der Waals surface area contributed by atoms with E-state index < -0.39 is 9.28 Å². The molecule has 0 aromatic rings. The zero-order valence-electron chi connectivity index (χ0n) is 6.26. The molecule has 0 N–H and O–H groups in total. The van der Waals surface area contributed by atoms with Crippen molar-refractivity contribution < 1.29 is 8.85 Å². The van der Waals surface area contributed by atoms with Crippen LogP contribution in [0.4, 0.5) is 0 Å². The summed E-state index contributed by atoms with van der Waals surface area (Å²) in [5.74, 6) is 0. The van der Waals surface area contributed by atoms with Crippen LogP contribution in [0.5, 0.6) is 0 Å². The van der Waals surface area contributed by atoms with Crippen molar-refractivity contribution in [3.8, 4) is 0 Å². The molecule has 3 heteroatoms. The highest BCUT2D eigenvalue weighted by molar-refractivity contribution is 6.44. The molecule has 9 heavy (non-hydrogen) atoms. The maximum atomic E-state index is 5.07. The van der Waals surface area contributed by atoms with Crippen molar-refractivity contribution in [1.29, 1.82) is 0 Å². The van der Waals surface area contributed by atoms with E-state index in [0.29, 0.717) is 0 Å². The SMILES string of the molecule is CC=CC[SiH](OC)OC. The van der Waals surface area contributed by atoms with Gasteiger partial charge >= 0.3 is 9.28 Å². The van der Waals surface area contributed by atoms with Crippen LogP contribution in [0.15, 0.2) is 12.2 Å². The summed E-state index contributed by atoms with van der Waals surface area (Å²) in [4.78, 5) is 0. The minimum absolute atomic E-state index is 0.962. The molecule has 0 fully saturated rings. The quantitative estimate of drug-likeness (QED) is 0.436. The first-order valence-electron chi connectivity index (χ1n) is 3.02. The number of hydrogen-bond donors (Lipinski definition) is 0. The van der Waals surface area contributed by atoms with Crippen LogP contribution in [0, 0.1) is 0 Å². The molecule has 0 rings (SSSR count). The van der Waals surface area contributed by atoms with Gasteiger partial charge in [-0.15, -0.1) is 0 Å². The van der Waals surface area contributed by atoms with Crippen LogP contribution in [-0.2, 0) is 8.85 Å². The molecule has 0 atom stereocenters. The molecular weight excluding hydrogens is 132 g/mol. The molecule has 0 heterocycles. The van der Waals surface area contributed by atoms with Gasteiger partial charge in [-0.3, -0.25) is 0 Å². The molecule has 0 aliphatic heterocycles. The molecule has 54 valence electrons. The van der Waals surface area contributed by atoms with Gasteiger partial charge in [-0.1, -0.05) is 12.2 Å². The molecule has 0 saturated heterocycles. The van der Waals surface area contributed by atoms with E-state index in [-0.39, 0.29) is 0 Å². The van der Waals surface area contributed by atoms with E-state index in [1.54, 1.807) is 14.2 Å². The summed E-state index contributed by atoms with van der Waals surface area (Å²) in [5, 5.41) is 0. The molecule has 0 bridgehead atoms. The first kappa shape index (κ1) is 8.88. The average molecular weight is 146 g/mol. The van der Waals surface area contributed by atoms with Crippen molar-refractivity contribution >= 4 is 9.28 Å². The predicted octanol–water partition coefficient (Wildman–Crippen LogP) is 1.08. The highest BCUT2D eigenvalue weighted by Gasteiger charge is 2.04. The second-order valence-electron chi connectivity index (χ2n) is 1.71. The van der Waals surface area contributed by atoms with Gasteiger partial charge in [0.2, 0.25) is 0 Å². The highest BCUT2D eigenvalue weighted by atomic mass is 28.3. The third-order valence-electron chi connectivity index (χ3n) is 1.09. The molecule has 2 nitrogen and oxygen atoms in total. The van der Waals surface area contributed by atoms with Crippen LogP contribution in [0.3, 0.4) is 0 Å². The lowest BCUT2D eigenvalue weighted by Gasteiger charge is -2.06. The van der Waals surface area contributed by atoms with Gasteiger partial charge in [0.15, 0.2) is 0 Å². The van der Waals surface area contributed by atoms with Gasteiger partial charge in [0.1, 0.15) is 0 Å². The Morgan fingerprint density at radius 3 is 2.22 bits per heavy atom. The standard InChI is InChI=1S/C6H14O2Si/c1-4-5-6-9(7-2)8-3/h4-5,9H,6H2,1-3H3. The Labute approximate surface area is 58.3 Å². The Hall–Kier alpha value is -0.123. The van der Waals surface area contributed by atoms with Crippen molar-refractivity contribution in [2.75, 3.05) is 14.2 Å². The van der Waals surface area contributed by atoms with Gasteiger partial charge in [-0.2, -0.15) is 0 Å². The van der Waals surface area contributed by atoms with Crippen molar-refractivity contribution in [2.45, 2.75) is 13.0 Å². The van der Waals surface area contributed by atoms with Gasteiger partial charge in [-0.05, 0) is 6.92 Å². The second-order valence-corrected chi connectivity index (χ2v) is 3.98. The minimum atomic E-state index is -1.30. The van der Waals surface area contributed by atoms with E-state index in [1.165, 1.54) is 0 Å². The van der Waals surface area contributed by atoms with Crippen molar-refractivity contribution in [3.05, 3.63) is 12.2 Å². The summed E-state index contributed by atoms with van der Waals surface area (Å²) in [5.41, 5.74) is 0. The number of rotatable bonds is 4. The Morgan fingerprint density at radius 1 is 1.33 bits per heavy atom. The Balaban J connectivity index is 3.31. The van der Waals surface area contributed by atoms with Crippen molar-refractivity contribution in [1.82, 2.24) is 0 Å². The number of hydrogen-bond acceptors (Lipinski definition) is 2. The van der Waals surface area contributed by atoms with Crippen LogP contribution in [0.1, 0.15) is 6.92 Å². The molecular formula is C6H14O2Si. The summed E-state index contributed by atoms with van der Waals surface area (Å²) in [6.07, 6.45) is 4.09. The molecule has 0 radical (unpaired) electrons. The van der Waals surface area contributed by atoms with Crippen LogP contribution in [-0.4, -0.2) is 23.5 Å². The predicted molar refractivity (Wildman–Crippen MR) is 40.8 cm³/mol. The van der Waals surface area contributed by atoms with E-state index in [0.717, 1.165) is 6.04 Å². The molecule has 0 amide bonds. The lowest BCUT2D eigenvalue weighted by molar-refractivity contribution is 0.281. The molecule has 0 saturated carbocycles. The summed E-state index contributed by atoms with van der Waals surface area (Å²) >= 11 is 0. The van der Waals surface area contributed by atoms with Crippen LogP contribution in [0.2, 0.25) is 6.04 Å². The topological polar surface area (TPSA) is 18.5 Å². The molecule has 0 aliphatic carbocycles. The normalized spacial score (nSPS) is 11.6. The van der Waals surface area contributed by atoms with Gasteiger partial charge in [0.05, 0.1) is 0 Å². The lowest BCUT2D eigenvalue weighted by atomic mass is 10.6. The Morgan fingerprint density at radius 2 is 1.89 bits per heavy atom. The van der Waals surface area contributed by atoms with Gasteiger partial charge in [0.25, 0.3) is 0 Å². The van der Waals surface area contributed by atoms with Crippen molar-refractivity contribution in [2.24, 2.45) is 0 Å². The Bertz CT molecular complexity index is 79.1. The molecule has 0 aliphatic rings. The molecule has 0 aromatic heterocycles. The zero-order chi connectivity index (χ0) is 7.11. The molecule has 0 aromatic carbocycles. The van der Waals surface area contributed by atoms with Crippen LogP contribution in [0.25, 0.3) is 0 Å². The fourth-order valence-corrected chi connectivity index (χ4v) is 1.61. The molecule has 0 spiro atoms. The smallest absolute Gasteiger partial charge is 0.324 e. The third-order valence-corrected chi connectivity index (χ3v) is 2.80. The zero-order valence-corrected chi connectivity index (χ0v) is 7.41. The van der Waals surface area contributed by atoms with Crippen molar-refractivity contribution in [3.63, 3.8) is 0 Å². The van der Waals surface area contributed by atoms with Crippen LogP contribution >= 0.6 is 0 Å². The van der Waals surface area contributed by atoms with E-state index in [2.05, 4.69) is 6.08 Å². The summed E-state index contributed by atoms with van der Waals surface area (Å²) in [6.45, 7) is 2.00. The third kappa shape index (κ3) is 4.38. The largest absolute Gasteiger partial charge is 0.400 e. The molecule has 0 unspecified atom stereocenters. The lowest BCUT2D eigenvalue weighted by Crippen LogP contribution is -2.17.